The highest BCUT2D eigenvalue weighted by Gasteiger charge is 2.33. The van der Waals surface area contributed by atoms with Crippen LogP contribution in [0.1, 0.15) is 0 Å². The molecule has 0 saturated heterocycles. The van der Waals surface area contributed by atoms with Crippen LogP contribution in [0.4, 0.5) is 0 Å². The van der Waals surface area contributed by atoms with Crippen molar-refractivity contribution in [1.29, 1.82) is 0 Å². The van der Waals surface area contributed by atoms with Gasteiger partial charge in [0.1, 0.15) is 0 Å². The molecule has 0 bridgehead atoms. The molecule has 0 aliphatic rings. The van der Waals surface area contributed by atoms with E-state index in [-0.39, 0.29) is 0 Å². The smallest absolute Gasteiger partial charge is 0.186 e. The lowest BCUT2D eigenvalue weighted by Gasteiger charge is -2.41. The van der Waals surface area contributed by atoms with E-state index in [0.29, 0.717) is 0 Å². The molecule has 0 aromatic heterocycles. The van der Waals surface area contributed by atoms with Crippen molar-refractivity contribution in [3.8, 4) is 0 Å². The molecule has 0 saturated carbocycles. The minimum Gasteiger partial charge on any atom is -0.251 e. The normalized spacial score (nSPS) is 13.4. The Bertz CT molecular complexity index is 219. The van der Waals surface area contributed by atoms with Crippen LogP contribution in [0.3, 0.4) is 0 Å². The topological polar surface area (TPSA) is 22.1 Å². The van der Waals surface area contributed by atoms with Crippen molar-refractivity contribution in [3.05, 3.63) is 0 Å². The molecule has 0 aromatic carbocycles. The van der Waals surface area contributed by atoms with E-state index in [0.717, 1.165) is 0 Å². The second-order valence-corrected chi connectivity index (χ2v) is 8.12. The monoisotopic (exact) mass is 280 g/mol. The number of halogens is 3. The summed E-state index contributed by atoms with van der Waals surface area (Å²) in [6.45, 7) is 0. The van der Waals surface area contributed by atoms with E-state index in [1.807, 2.05) is 37.5 Å². The lowest BCUT2D eigenvalue weighted by Crippen LogP contribution is -2.34. The van der Waals surface area contributed by atoms with Gasteiger partial charge < -0.3 is 0 Å². The summed E-state index contributed by atoms with van der Waals surface area (Å²) < 4.78 is 9.54. The maximum absolute atomic E-state index is 5.83. The van der Waals surface area contributed by atoms with Gasteiger partial charge in [-0.05, 0) is 35.2 Å². The summed E-state index contributed by atoms with van der Waals surface area (Å²) in [5.41, 5.74) is 0. The maximum atomic E-state index is 5.83. The van der Waals surface area contributed by atoms with Gasteiger partial charge in [-0.1, -0.05) is 23.2 Å². The Morgan fingerprint density at radius 3 is 1.43 bits per heavy atom. The van der Waals surface area contributed by atoms with Gasteiger partial charge in [0.25, 0.3) is 0 Å². The minimum atomic E-state index is -2.14. The van der Waals surface area contributed by atoms with Crippen LogP contribution in [0, 0.1) is 0 Å². The summed E-state index contributed by atoms with van der Waals surface area (Å²) in [4.78, 5) is -0.643. The third-order valence-electron chi connectivity index (χ3n) is 1.88. The molecule has 0 radical (unpaired) electrons. The van der Waals surface area contributed by atoms with E-state index in [1.54, 1.807) is 11.7 Å². The van der Waals surface area contributed by atoms with Gasteiger partial charge in [-0.15, -0.1) is 0 Å². The molecule has 86 valence electrons. The Morgan fingerprint density at radius 2 is 1.36 bits per heavy atom. The Hall–Kier alpha value is 0.980. The molecule has 0 aliphatic carbocycles. The standard InChI is InChI=1S/C6H16Cl3N4P/c1-11(2)14(10-9,12(3)4)13(5)6(7)8/h6H,1-5H3. The van der Waals surface area contributed by atoms with Crippen molar-refractivity contribution in [2.24, 2.45) is 4.26 Å². The SMILES string of the molecule is CN(C)P(=NCl)(N(C)C)N(C)C(Cl)Cl. The first-order chi connectivity index (χ1) is 6.30. The number of hydrogen-bond acceptors (Lipinski definition) is 1. The van der Waals surface area contributed by atoms with Crippen LogP contribution in [0.15, 0.2) is 4.26 Å². The molecule has 14 heavy (non-hydrogen) atoms. The van der Waals surface area contributed by atoms with E-state index in [2.05, 4.69) is 4.26 Å². The quantitative estimate of drug-likeness (QED) is 0.449. The summed E-state index contributed by atoms with van der Waals surface area (Å²) in [6, 6.07) is 0. The number of nitrogens with zero attached hydrogens (tertiary/aromatic N) is 4. The fourth-order valence-electron chi connectivity index (χ4n) is 1.23. The molecule has 0 unspecified atom stereocenters. The van der Waals surface area contributed by atoms with Crippen LogP contribution in [0.25, 0.3) is 0 Å². The van der Waals surface area contributed by atoms with Gasteiger partial charge in [0.05, 0.1) is 0 Å². The van der Waals surface area contributed by atoms with Gasteiger partial charge in [0, 0.05) is 11.8 Å². The first-order valence-electron chi connectivity index (χ1n) is 3.90. The van der Waals surface area contributed by atoms with Crippen LogP contribution in [-0.2, 0) is 0 Å². The highest BCUT2D eigenvalue weighted by Crippen LogP contribution is 2.58. The molecule has 0 aliphatic heterocycles. The molecule has 0 heterocycles. The third-order valence-corrected chi connectivity index (χ3v) is 6.77. The Morgan fingerprint density at radius 1 is 1.00 bits per heavy atom. The first kappa shape index (κ1) is 15.0. The summed E-state index contributed by atoms with van der Waals surface area (Å²) in [5.74, 6) is 0. The largest absolute Gasteiger partial charge is 0.251 e. The predicted molar refractivity (Wildman–Crippen MR) is 65.8 cm³/mol. The van der Waals surface area contributed by atoms with Crippen LogP contribution >= 0.6 is 42.5 Å². The summed E-state index contributed by atoms with van der Waals surface area (Å²) in [7, 11) is 7.23. The third kappa shape index (κ3) is 2.76. The highest BCUT2D eigenvalue weighted by atomic mass is 35.5. The number of alkyl halides is 2. The van der Waals surface area contributed by atoms with Gasteiger partial charge in [-0.25, -0.2) is 4.67 Å². The predicted octanol–water partition coefficient (Wildman–Crippen LogP) is 2.90. The van der Waals surface area contributed by atoms with Crippen molar-refractivity contribution in [3.63, 3.8) is 0 Å². The van der Waals surface area contributed by atoms with Crippen molar-refractivity contribution < 1.29 is 0 Å². The molecule has 8 heteroatoms. The van der Waals surface area contributed by atoms with E-state index >= 15 is 0 Å². The minimum absolute atomic E-state index is 0.643. The van der Waals surface area contributed by atoms with Crippen LogP contribution < -0.4 is 0 Å². The summed E-state index contributed by atoms with van der Waals surface area (Å²) >= 11 is 17.3. The molecule has 0 aromatic rings. The van der Waals surface area contributed by atoms with E-state index in [9.17, 15) is 0 Å². The second-order valence-electron chi connectivity index (χ2n) is 3.16. The van der Waals surface area contributed by atoms with Crippen LogP contribution in [0.2, 0.25) is 0 Å². The van der Waals surface area contributed by atoms with E-state index < -0.39 is 12.5 Å². The molecule has 0 rings (SSSR count). The van der Waals surface area contributed by atoms with Crippen LogP contribution in [-0.4, -0.2) is 54.2 Å². The first-order valence-corrected chi connectivity index (χ1v) is 6.71. The molecule has 0 N–H and O–H groups in total. The zero-order valence-electron chi connectivity index (χ0n) is 8.95. The summed E-state index contributed by atoms with van der Waals surface area (Å²) in [6.07, 6.45) is 0. The van der Waals surface area contributed by atoms with E-state index in [4.69, 9.17) is 35.0 Å². The zero-order valence-corrected chi connectivity index (χ0v) is 12.1. The molecule has 0 amide bonds. The average Bonchev–Trinajstić information content (AvgIpc) is 2.04. The number of rotatable bonds is 4. The highest BCUT2D eigenvalue weighted by molar-refractivity contribution is 7.59. The lowest BCUT2D eigenvalue weighted by molar-refractivity contribution is 0.453. The van der Waals surface area contributed by atoms with Gasteiger partial charge in [-0.3, -0.25) is 9.34 Å². The lowest BCUT2D eigenvalue weighted by atomic mass is 11.2. The molecular formula is C6H16Cl3N4P. The van der Waals surface area contributed by atoms with Gasteiger partial charge in [0.15, 0.2) is 12.5 Å². The van der Waals surface area contributed by atoms with Gasteiger partial charge >= 0.3 is 0 Å². The van der Waals surface area contributed by atoms with Gasteiger partial charge in [-0.2, -0.15) is 4.26 Å². The van der Waals surface area contributed by atoms with Crippen molar-refractivity contribution in [1.82, 2.24) is 14.0 Å². The van der Waals surface area contributed by atoms with Crippen molar-refractivity contribution in [2.75, 3.05) is 35.2 Å². The Labute approximate surface area is 101 Å². The summed E-state index contributed by atoms with van der Waals surface area (Å²) in [5, 5.41) is 0. The Kier molecular flexibility index (Phi) is 6.31. The molecular weight excluding hydrogens is 265 g/mol. The zero-order chi connectivity index (χ0) is 11.5. The van der Waals surface area contributed by atoms with Crippen molar-refractivity contribution >= 4 is 42.5 Å². The molecule has 0 atom stereocenters. The molecule has 0 fully saturated rings. The molecule has 4 nitrogen and oxygen atoms in total. The fraction of sp³-hybridized carbons (Fsp3) is 1.00. The van der Waals surface area contributed by atoms with Crippen LogP contribution in [0.5, 0.6) is 0 Å². The van der Waals surface area contributed by atoms with Crippen molar-refractivity contribution in [2.45, 2.75) is 4.96 Å². The second kappa shape index (κ2) is 5.90. The Balaban J connectivity index is 5.28. The number of hydrogen-bond donors (Lipinski definition) is 0. The average molecular weight is 282 g/mol. The maximum Gasteiger partial charge on any atom is 0.186 e. The van der Waals surface area contributed by atoms with E-state index in [1.165, 1.54) is 0 Å². The molecule has 0 spiro atoms. The van der Waals surface area contributed by atoms with Gasteiger partial charge in [0.2, 0.25) is 0 Å². The fourth-order valence-corrected chi connectivity index (χ4v) is 5.52.